The molecule has 0 aliphatic heterocycles. The molecule has 1 N–H and O–H groups in total. The van der Waals surface area contributed by atoms with Crippen LogP contribution in [0.1, 0.15) is 25.5 Å². The maximum atomic E-state index is 4.63. The zero-order chi connectivity index (χ0) is 16.8. The smallest absolute Gasteiger partial charge is 0.245 e. The Balaban J connectivity index is 1.81. The van der Waals surface area contributed by atoms with Gasteiger partial charge in [-0.15, -0.1) is 5.10 Å². The van der Waals surface area contributed by atoms with Crippen LogP contribution in [0, 0.1) is 0 Å². The first-order valence-corrected chi connectivity index (χ1v) is 8.11. The standard InChI is InChI=1S/C19H21N5/c1-3-24(17-12-8-5-9-13-17)18-14-20-23-19(22-18)21-15(2)16-10-6-4-7-11-16/h4-15H,3H2,1-2H3,(H,21,22,23). The van der Waals surface area contributed by atoms with Crippen LogP contribution in [0.4, 0.5) is 17.5 Å². The van der Waals surface area contributed by atoms with Crippen molar-refractivity contribution in [1.29, 1.82) is 0 Å². The third-order valence-corrected chi connectivity index (χ3v) is 3.85. The molecule has 1 aromatic heterocycles. The Hall–Kier alpha value is -2.95. The second kappa shape index (κ2) is 7.55. The highest BCUT2D eigenvalue weighted by atomic mass is 15.3. The third-order valence-electron chi connectivity index (χ3n) is 3.85. The topological polar surface area (TPSA) is 53.9 Å². The maximum Gasteiger partial charge on any atom is 0.245 e. The van der Waals surface area contributed by atoms with Gasteiger partial charge in [0, 0.05) is 12.2 Å². The van der Waals surface area contributed by atoms with Gasteiger partial charge < -0.3 is 10.2 Å². The van der Waals surface area contributed by atoms with Gasteiger partial charge in [0.25, 0.3) is 0 Å². The molecule has 0 amide bonds. The summed E-state index contributed by atoms with van der Waals surface area (Å²) in [6, 6.07) is 20.5. The lowest BCUT2D eigenvalue weighted by Gasteiger charge is -2.22. The van der Waals surface area contributed by atoms with Crippen LogP contribution in [0.3, 0.4) is 0 Å². The average molecular weight is 319 g/mol. The molecule has 0 radical (unpaired) electrons. The summed E-state index contributed by atoms with van der Waals surface area (Å²) in [6.45, 7) is 4.98. The molecule has 5 nitrogen and oxygen atoms in total. The molecule has 3 aromatic rings. The van der Waals surface area contributed by atoms with E-state index in [0.717, 1.165) is 18.1 Å². The van der Waals surface area contributed by atoms with Gasteiger partial charge in [0.2, 0.25) is 5.95 Å². The first-order chi connectivity index (χ1) is 11.8. The number of nitrogens with zero attached hydrogens (tertiary/aromatic N) is 4. The maximum absolute atomic E-state index is 4.63. The van der Waals surface area contributed by atoms with E-state index >= 15 is 0 Å². The normalized spacial score (nSPS) is 11.8. The minimum absolute atomic E-state index is 0.107. The second-order valence-corrected chi connectivity index (χ2v) is 5.49. The van der Waals surface area contributed by atoms with Crippen LogP contribution >= 0.6 is 0 Å². The van der Waals surface area contributed by atoms with Gasteiger partial charge in [0.15, 0.2) is 5.82 Å². The molecule has 122 valence electrons. The first kappa shape index (κ1) is 15.9. The van der Waals surface area contributed by atoms with Crippen LogP contribution in [0.25, 0.3) is 0 Å². The van der Waals surface area contributed by atoms with E-state index in [9.17, 15) is 0 Å². The summed E-state index contributed by atoms with van der Waals surface area (Å²) < 4.78 is 0. The summed E-state index contributed by atoms with van der Waals surface area (Å²) in [6.07, 6.45) is 1.69. The predicted octanol–water partition coefficient (Wildman–Crippen LogP) is 4.20. The average Bonchev–Trinajstić information content (AvgIpc) is 2.64. The second-order valence-electron chi connectivity index (χ2n) is 5.49. The third kappa shape index (κ3) is 3.68. The summed E-state index contributed by atoms with van der Waals surface area (Å²) in [4.78, 5) is 6.73. The fourth-order valence-corrected chi connectivity index (χ4v) is 2.59. The van der Waals surface area contributed by atoms with Crippen LogP contribution in [0.5, 0.6) is 0 Å². The van der Waals surface area contributed by atoms with E-state index in [1.165, 1.54) is 5.56 Å². The first-order valence-electron chi connectivity index (χ1n) is 8.11. The largest absolute Gasteiger partial charge is 0.346 e. The van der Waals surface area contributed by atoms with Crippen molar-refractivity contribution in [3.63, 3.8) is 0 Å². The lowest BCUT2D eigenvalue weighted by atomic mass is 10.1. The van der Waals surface area contributed by atoms with Crippen molar-refractivity contribution >= 4 is 17.5 Å². The quantitative estimate of drug-likeness (QED) is 0.738. The molecule has 1 atom stereocenters. The molecule has 0 aliphatic rings. The van der Waals surface area contributed by atoms with Gasteiger partial charge in [-0.25, -0.2) is 0 Å². The molecule has 5 heteroatoms. The number of anilines is 3. The Bertz CT molecular complexity index is 761. The summed E-state index contributed by atoms with van der Waals surface area (Å²) in [7, 11) is 0. The summed E-state index contributed by atoms with van der Waals surface area (Å²) >= 11 is 0. The highest BCUT2D eigenvalue weighted by molar-refractivity contribution is 5.59. The van der Waals surface area contributed by atoms with Gasteiger partial charge in [-0.3, -0.25) is 0 Å². The lowest BCUT2D eigenvalue weighted by molar-refractivity contribution is 0.832. The molecular formula is C19H21N5. The van der Waals surface area contributed by atoms with Crippen molar-refractivity contribution in [3.05, 3.63) is 72.4 Å². The molecule has 0 bridgehead atoms. The lowest BCUT2D eigenvalue weighted by Crippen LogP contribution is -2.19. The number of hydrogen-bond acceptors (Lipinski definition) is 5. The van der Waals surface area contributed by atoms with Gasteiger partial charge in [0.05, 0.1) is 12.2 Å². The molecule has 0 spiro atoms. The van der Waals surface area contributed by atoms with Crippen molar-refractivity contribution in [1.82, 2.24) is 15.2 Å². The number of aromatic nitrogens is 3. The van der Waals surface area contributed by atoms with E-state index in [4.69, 9.17) is 0 Å². The van der Waals surface area contributed by atoms with E-state index in [0.29, 0.717) is 5.95 Å². The molecule has 1 heterocycles. The number of para-hydroxylation sites is 1. The Morgan fingerprint density at radius 2 is 1.67 bits per heavy atom. The predicted molar refractivity (Wildman–Crippen MR) is 97.4 cm³/mol. The molecular weight excluding hydrogens is 298 g/mol. The van der Waals surface area contributed by atoms with Crippen molar-refractivity contribution in [2.75, 3.05) is 16.8 Å². The van der Waals surface area contributed by atoms with E-state index < -0.39 is 0 Å². The van der Waals surface area contributed by atoms with Gasteiger partial charge in [0.1, 0.15) is 0 Å². The fraction of sp³-hybridized carbons (Fsp3) is 0.211. The molecule has 1 unspecified atom stereocenters. The zero-order valence-electron chi connectivity index (χ0n) is 13.9. The number of nitrogens with one attached hydrogen (secondary N) is 1. The Kier molecular flexibility index (Phi) is 5.01. The number of hydrogen-bond donors (Lipinski definition) is 1. The summed E-state index contributed by atoms with van der Waals surface area (Å²) in [5, 5.41) is 11.5. The Labute approximate surface area is 142 Å². The zero-order valence-corrected chi connectivity index (χ0v) is 13.9. The van der Waals surface area contributed by atoms with Crippen molar-refractivity contribution in [2.24, 2.45) is 0 Å². The van der Waals surface area contributed by atoms with Gasteiger partial charge in [-0.05, 0) is 31.5 Å². The summed E-state index contributed by atoms with van der Waals surface area (Å²) in [5.74, 6) is 1.31. The van der Waals surface area contributed by atoms with Crippen LogP contribution in [0.2, 0.25) is 0 Å². The molecule has 0 fully saturated rings. The van der Waals surface area contributed by atoms with Crippen molar-refractivity contribution in [2.45, 2.75) is 19.9 Å². The molecule has 0 saturated carbocycles. The SMILES string of the molecule is CCN(c1ccccc1)c1cnnc(NC(C)c2ccccc2)n1. The molecule has 0 saturated heterocycles. The minimum Gasteiger partial charge on any atom is -0.346 e. The fourth-order valence-electron chi connectivity index (χ4n) is 2.59. The van der Waals surface area contributed by atoms with Gasteiger partial charge >= 0.3 is 0 Å². The molecule has 2 aromatic carbocycles. The minimum atomic E-state index is 0.107. The van der Waals surface area contributed by atoms with Gasteiger partial charge in [-0.2, -0.15) is 10.1 Å². The summed E-state index contributed by atoms with van der Waals surface area (Å²) in [5.41, 5.74) is 2.27. The van der Waals surface area contributed by atoms with Crippen LogP contribution in [-0.2, 0) is 0 Å². The molecule has 24 heavy (non-hydrogen) atoms. The van der Waals surface area contributed by atoms with Crippen LogP contribution in [0.15, 0.2) is 66.9 Å². The van der Waals surface area contributed by atoms with E-state index in [-0.39, 0.29) is 6.04 Å². The Morgan fingerprint density at radius 3 is 2.33 bits per heavy atom. The highest BCUT2D eigenvalue weighted by Gasteiger charge is 2.12. The van der Waals surface area contributed by atoms with E-state index in [2.05, 4.69) is 63.5 Å². The highest BCUT2D eigenvalue weighted by Crippen LogP contribution is 2.23. The van der Waals surface area contributed by atoms with Gasteiger partial charge in [-0.1, -0.05) is 48.5 Å². The number of benzene rings is 2. The van der Waals surface area contributed by atoms with Crippen molar-refractivity contribution in [3.8, 4) is 0 Å². The Morgan fingerprint density at radius 1 is 1.00 bits per heavy atom. The van der Waals surface area contributed by atoms with Crippen LogP contribution in [-0.4, -0.2) is 21.7 Å². The van der Waals surface area contributed by atoms with Crippen LogP contribution < -0.4 is 10.2 Å². The van der Waals surface area contributed by atoms with E-state index in [1.807, 2.05) is 36.4 Å². The van der Waals surface area contributed by atoms with Crippen molar-refractivity contribution < 1.29 is 0 Å². The monoisotopic (exact) mass is 319 g/mol. The molecule has 0 aliphatic carbocycles. The van der Waals surface area contributed by atoms with E-state index in [1.54, 1.807) is 6.20 Å². The molecule has 3 rings (SSSR count). The number of rotatable bonds is 6.